The van der Waals surface area contributed by atoms with Gasteiger partial charge in [0.1, 0.15) is 5.75 Å². The smallest absolute Gasteiger partial charge is 0.120 e. The predicted molar refractivity (Wildman–Crippen MR) is 69.8 cm³/mol. The number of nitrogens with zero attached hydrogens (tertiary/aromatic N) is 1. The number of rotatable bonds is 1. The number of fused-ring (bicyclic) bond motifs is 3. The monoisotopic (exact) mass is 241 g/mol. The van der Waals surface area contributed by atoms with Gasteiger partial charge in [-0.1, -0.05) is 0 Å². The molecule has 0 unspecified atom stereocenters. The molecule has 1 aromatic carbocycles. The molecule has 0 atom stereocenters. The van der Waals surface area contributed by atoms with Crippen molar-refractivity contribution in [1.29, 1.82) is 0 Å². The highest BCUT2D eigenvalue weighted by Crippen LogP contribution is 2.28. The summed E-state index contributed by atoms with van der Waals surface area (Å²) in [5.74, 6) is -0.279. The summed E-state index contributed by atoms with van der Waals surface area (Å²) in [6.45, 7) is -5.99. The molecule has 3 nitrogen and oxygen atoms in total. The van der Waals surface area contributed by atoms with E-state index in [-0.39, 0.29) is 16.7 Å². The van der Waals surface area contributed by atoms with Crippen LogP contribution in [-0.4, -0.2) is 37.0 Å². The van der Waals surface area contributed by atoms with Gasteiger partial charge in [0.15, 0.2) is 0 Å². The number of methoxy groups -OCH3 is 1. The van der Waals surface area contributed by atoms with Gasteiger partial charge in [-0.05, 0) is 31.1 Å². The van der Waals surface area contributed by atoms with Gasteiger partial charge in [-0.2, -0.15) is 0 Å². The molecule has 1 N–H and O–H groups in total. The number of likely N-dealkylation sites (N-methyl/N-ethyl adjacent to an activating group) is 1. The highest BCUT2D eigenvalue weighted by atomic mass is 16.5. The average molecular weight is 241 g/mol. The molecule has 1 aliphatic heterocycles. The fraction of sp³-hybridized carbons (Fsp3) is 0.429. The molecule has 0 amide bonds. The van der Waals surface area contributed by atoms with Gasteiger partial charge >= 0.3 is 0 Å². The second-order valence-corrected chi connectivity index (χ2v) is 3.57. The highest BCUT2D eigenvalue weighted by Gasteiger charge is 2.16. The van der Waals surface area contributed by atoms with Gasteiger partial charge in [0.2, 0.25) is 0 Å². The van der Waals surface area contributed by atoms with E-state index in [1.165, 1.54) is 7.11 Å². The predicted octanol–water partition coefficient (Wildman–Crippen LogP) is 2.21. The minimum absolute atomic E-state index is 0.216. The summed E-state index contributed by atoms with van der Waals surface area (Å²) >= 11 is 0. The van der Waals surface area contributed by atoms with Crippen LogP contribution in [0.5, 0.6) is 5.75 Å². The molecule has 2 heterocycles. The zero-order chi connectivity index (χ0) is 21.6. The summed E-state index contributed by atoms with van der Waals surface area (Å²) in [6, 6.07) is -1.52. The Morgan fingerprint density at radius 2 is 2.24 bits per heavy atom. The minimum atomic E-state index is -3.01. The van der Waals surface area contributed by atoms with Gasteiger partial charge in [0.05, 0.1) is 11.2 Å². The van der Waals surface area contributed by atoms with Gasteiger partial charge < -0.3 is 14.6 Å². The van der Waals surface area contributed by atoms with E-state index >= 15 is 0 Å². The summed E-state index contributed by atoms with van der Waals surface area (Å²) in [6.07, 6.45) is -5.91. The Labute approximate surface area is 117 Å². The fourth-order valence-electron chi connectivity index (χ4n) is 1.61. The van der Waals surface area contributed by atoms with Crippen molar-refractivity contribution in [3.05, 3.63) is 29.4 Å². The largest absolute Gasteiger partial charge is 0.497 e. The first-order chi connectivity index (χ1) is 12.6. The number of aryl methyl sites for hydroxylation is 2. The lowest BCUT2D eigenvalue weighted by molar-refractivity contribution is 0.352. The molecule has 0 aliphatic carbocycles. The first-order valence-electron chi connectivity index (χ1n) is 10.5. The summed E-state index contributed by atoms with van der Waals surface area (Å²) in [5.41, 5.74) is -1.44. The zero-order valence-electron chi connectivity index (χ0n) is 20.4. The summed E-state index contributed by atoms with van der Waals surface area (Å²) in [7, 11) is 2.13. The lowest BCUT2D eigenvalue weighted by Crippen LogP contribution is -2.21. The van der Waals surface area contributed by atoms with Crippen LogP contribution in [0.2, 0.25) is 0 Å². The Bertz CT molecular complexity index is 982. The van der Waals surface area contributed by atoms with Crippen LogP contribution in [-0.2, 0) is 12.7 Å². The Morgan fingerprint density at radius 3 is 3.06 bits per heavy atom. The number of aromatic amines is 1. The molecular formula is C14H18N2O. The summed E-state index contributed by atoms with van der Waals surface area (Å²) in [4.78, 5) is 2.86. The highest BCUT2D eigenvalue weighted by molar-refractivity contribution is 5.86. The molecule has 17 heavy (non-hydrogen) atoms. The van der Waals surface area contributed by atoms with Crippen molar-refractivity contribution in [2.24, 2.45) is 0 Å². The molecule has 1 aliphatic rings. The molecular weight excluding hydrogens is 212 g/mol. The second kappa shape index (κ2) is 4.08. The Kier molecular flexibility index (Phi) is 0.964. The van der Waals surface area contributed by atoms with Crippen LogP contribution in [0.1, 0.15) is 26.3 Å². The van der Waals surface area contributed by atoms with Crippen molar-refractivity contribution in [2.45, 2.75) is 12.7 Å². The van der Waals surface area contributed by atoms with E-state index in [2.05, 4.69) is 4.98 Å². The van der Waals surface area contributed by atoms with Gasteiger partial charge in [-0.15, -0.1) is 0 Å². The molecule has 0 bridgehead atoms. The molecule has 0 saturated heterocycles. The second-order valence-electron chi connectivity index (χ2n) is 3.57. The Balaban J connectivity index is 2.62. The maximum Gasteiger partial charge on any atom is 0.120 e. The van der Waals surface area contributed by atoms with Crippen molar-refractivity contribution in [3.8, 4) is 5.75 Å². The minimum Gasteiger partial charge on any atom is -0.497 e. The molecule has 1 aromatic heterocycles. The Morgan fingerprint density at radius 1 is 1.41 bits per heavy atom. The molecule has 0 fully saturated rings. The molecule has 3 rings (SSSR count). The van der Waals surface area contributed by atoms with Crippen LogP contribution in [0.15, 0.2) is 18.1 Å². The van der Waals surface area contributed by atoms with E-state index in [1.54, 1.807) is 0 Å². The number of aromatic nitrogens is 1. The number of H-pyrrole nitrogens is 1. The molecule has 0 saturated carbocycles. The third-order valence-electron chi connectivity index (χ3n) is 2.44. The standard InChI is InChI=1S/C14H18N2O/c1-16-7-5-12-11-4-3-10(17-2)9-14(11)15-13(12)6-8-16/h3-4,9,15H,5-8H2,1-2H3/i3D,4D,5D2,6D2,7D2,8D2,9D. The van der Waals surface area contributed by atoms with E-state index in [0.717, 1.165) is 7.05 Å². The van der Waals surface area contributed by atoms with Crippen LogP contribution < -0.4 is 4.74 Å². The van der Waals surface area contributed by atoms with E-state index < -0.39 is 55.1 Å². The molecule has 90 valence electrons. The lowest BCUT2D eigenvalue weighted by Gasteiger charge is -2.11. The third kappa shape index (κ3) is 1.80. The van der Waals surface area contributed by atoms with Gasteiger partial charge in [0, 0.05) is 53.0 Å². The molecule has 0 radical (unpaired) electrons. The number of hydrogen-bond donors (Lipinski definition) is 1. The van der Waals surface area contributed by atoms with Crippen LogP contribution in [0, 0.1) is 0 Å². The molecule has 2 aromatic rings. The average Bonchev–Trinajstić information content (AvgIpc) is 3.00. The maximum atomic E-state index is 8.43. The van der Waals surface area contributed by atoms with Gasteiger partial charge in [0.25, 0.3) is 0 Å². The maximum absolute atomic E-state index is 8.43. The fourth-order valence-corrected chi connectivity index (χ4v) is 1.61. The SMILES string of the molecule is [2H]c1c(OC)c([2H])c2[nH]c3c(c2c1[2H])C([2H])([2H])C([2H])([2H])N(C)C([2H])([2H])C3([2H])[2H]. The number of hydrogen-bond acceptors (Lipinski definition) is 2. The van der Waals surface area contributed by atoms with Crippen molar-refractivity contribution in [1.82, 2.24) is 9.88 Å². The quantitative estimate of drug-likeness (QED) is 0.829. The van der Waals surface area contributed by atoms with E-state index in [9.17, 15) is 0 Å². The summed E-state index contributed by atoms with van der Waals surface area (Å²) in [5, 5.41) is -0.338. The van der Waals surface area contributed by atoms with Crippen molar-refractivity contribution >= 4 is 10.9 Å². The first-order valence-corrected chi connectivity index (χ1v) is 5.01. The third-order valence-corrected chi connectivity index (χ3v) is 2.44. The zero-order valence-corrected chi connectivity index (χ0v) is 9.36. The van der Waals surface area contributed by atoms with Crippen LogP contribution in [0.3, 0.4) is 0 Å². The van der Waals surface area contributed by atoms with Crippen molar-refractivity contribution < 1.29 is 19.8 Å². The van der Waals surface area contributed by atoms with E-state index in [1.807, 2.05) is 0 Å². The van der Waals surface area contributed by atoms with E-state index in [4.69, 9.17) is 19.8 Å². The lowest BCUT2D eigenvalue weighted by atomic mass is 10.1. The van der Waals surface area contributed by atoms with E-state index in [0.29, 0.717) is 4.90 Å². The van der Waals surface area contributed by atoms with Crippen molar-refractivity contribution in [3.63, 3.8) is 0 Å². The van der Waals surface area contributed by atoms with Gasteiger partial charge in [-0.3, -0.25) is 0 Å². The topological polar surface area (TPSA) is 28.3 Å². The number of ether oxygens (including phenoxy) is 1. The Hall–Kier alpha value is -1.48. The van der Waals surface area contributed by atoms with Crippen LogP contribution >= 0.6 is 0 Å². The van der Waals surface area contributed by atoms with Crippen LogP contribution in [0.4, 0.5) is 0 Å². The van der Waals surface area contributed by atoms with Crippen molar-refractivity contribution in [2.75, 3.05) is 27.2 Å². The first kappa shape index (κ1) is 4.02. The number of nitrogens with one attached hydrogen (secondary N) is 1. The molecule has 0 spiro atoms. The van der Waals surface area contributed by atoms with Crippen LogP contribution in [0.25, 0.3) is 10.9 Å². The van der Waals surface area contributed by atoms with Gasteiger partial charge in [-0.25, -0.2) is 0 Å². The normalized spacial score (nSPS) is 38.1. The summed E-state index contributed by atoms with van der Waals surface area (Å²) < 4.78 is 95.8. The molecule has 3 heteroatoms. The number of benzene rings is 1.